The highest BCUT2D eigenvalue weighted by Crippen LogP contribution is 2.17. The maximum absolute atomic E-state index is 12.4. The molecular formula is C17H22N4O. The lowest BCUT2D eigenvalue weighted by Crippen LogP contribution is -2.47. The van der Waals surface area contributed by atoms with Crippen LogP contribution in [0.3, 0.4) is 0 Å². The van der Waals surface area contributed by atoms with E-state index in [-0.39, 0.29) is 6.03 Å². The number of urea groups is 1. The molecule has 1 aromatic carbocycles. The second-order valence-electron chi connectivity index (χ2n) is 5.80. The zero-order valence-corrected chi connectivity index (χ0v) is 12.9. The van der Waals surface area contributed by atoms with Gasteiger partial charge in [-0.3, -0.25) is 0 Å². The van der Waals surface area contributed by atoms with E-state index in [1.807, 2.05) is 39.9 Å². The van der Waals surface area contributed by atoms with Crippen LogP contribution >= 0.6 is 0 Å². The predicted octanol–water partition coefficient (Wildman–Crippen LogP) is 2.96. The molecule has 1 aliphatic heterocycles. The summed E-state index contributed by atoms with van der Waals surface area (Å²) < 4.78 is 1.96. The first-order valence-electron chi connectivity index (χ1n) is 7.86. The number of aromatic nitrogens is 2. The van der Waals surface area contributed by atoms with Crippen molar-refractivity contribution in [3.05, 3.63) is 48.5 Å². The third-order valence-corrected chi connectivity index (χ3v) is 4.27. The predicted molar refractivity (Wildman–Crippen MR) is 85.8 cm³/mol. The Labute approximate surface area is 131 Å². The molecule has 1 unspecified atom stereocenters. The topological polar surface area (TPSA) is 50.2 Å². The summed E-state index contributed by atoms with van der Waals surface area (Å²) >= 11 is 0. The number of rotatable bonds is 3. The van der Waals surface area contributed by atoms with Gasteiger partial charge in [0.15, 0.2) is 0 Å². The molecule has 0 radical (unpaired) electrons. The van der Waals surface area contributed by atoms with Gasteiger partial charge in [0.1, 0.15) is 0 Å². The van der Waals surface area contributed by atoms with Crippen LogP contribution in [0.15, 0.2) is 43.0 Å². The van der Waals surface area contributed by atoms with E-state index in [1.54, 1.807) is 12.5 Å². The largest absolute Gasteiger partial charge is 0.334 e. The van der Waals surface area contributed by atoms with Gasteiger partial charge in [-0.15, -0.1) is 0 Å². The molecule has 1 aromatic heterocycles. The fourth-order valence-corrected chi connectivity index (χ4v) is 2.99. The molecule has 2 heterocycles. The van der Waals surface area contributed by atoms with E-state index in [9.17, 15) is 4.79 Å². The zero-order valence-electron chi connectivity index (χ0n) is 12.9. The Kier molecular flexibility index (Phi) is 4.42. The number of carbonyl (C=O) groups is 1. The molecule has 5 heteroatoms. The number of para-hydroxylation sites is 1. The summed E-state index contributed by atoms with van der Waals surface area (Å²) in [6.07, 6.45) is 8.85. The van der Waals surface area contributed by atoms with Crippen molar-refractivity contribution < 1.29 is 4.79 Å². The number of likely N-dealkylation sites (tertiary alicyclic amines) is 1. The first kappa shape index (κ1) is 14.6. The van der Waals surface area contributed by atoms with Crippen LogP contribution in [0.2, 0.25) is 0 Å². The average molecular weight is 298 g/mol. The highest BCUT2D eigenvalue weighted by Gasteiger charge is 2.22. The number of piperidine rings is 1. The van der Waals surface area contributed by atoms with Gasteiger partial charge in [-0.05, 0) is 37.8 Å². The molecule has 1 atom stereocenters. The van der Waals surface area contributed by atoms with Crippen LogP contribution in [-0.2, 0) is 6.54 Å². The molecule has 3 rings (SSSR count). The Balaban J connectivity index is 1.68. The summed E-state index contributed by atoms with van der Waals surface area (Å²) in [5.41, 5.74) is 2.13. The van der Waals surface area contributed by atoms with Crippen molar-refractivity contribution in [3.63, 3.8) is 0 Å². The first-order valence-corrected chi connectivity index (χ1v) is 7.86. The first-order chi connectivity index (χ1) is 10.8. The summed E-state index contributed by atoms with van der Waals surface area (Å²) in [7, 11) is 0. The normalized spacial score (nSPS) is 18.2. The minimum atomic E-state index is 0.0348. The van der Waals surface area contributed by atoms with Crippen molar-refractivity contribution in [3.8, 4) is 5.69 Å². The quantitative estimate of drug-likeness (QED) is 0.947. The van der Waals surface area contributed by atoms with Gasteiger partial charge in [0.2, 0.25) is 0 Å². The van der Waals surface area contributed by atoms with E-state index in [4.69, 9.17) is 0 Å². The molecule has 1 saturated heterocycles. The third kappa shape index (κ3) is 3.13. The molecule has 0 spiro atoms. The molecule has 2 amide bonds. The van der Waals surface area contributed by atoms with Crippen molar-refractivity contribution >= 4 is 6.03 Å². The lowest BCUT2D eigenvalue weighted by Gasteiger charge is -2.33. The van der Waals surface area contributed by atoms with Crippen LogP contribution in [0.5, 0.6) is 0 Å². The van der Waals surface area contributed by atoms with Crippen molar-refractivity contribution in [2.24, 2.45) is 0 Å². The number of benzene rings is 1. The van der Waals surface area contributed by atoms with Gasteiger partial charge in [0.25, 0.3) is 0 Å². The number of amides is 2. The minimum Gasteiger partial charge on any atom is -0.334 e. The van der Waals surface area contributed by atoms with Crippen LogP contribution in [0.25, 0.3) is 5.69 Å². The highest BCUT2D eigenvalue weighted by atomic mass is 16.2. The van der Waals surface area contributed by atoms with Crippen LogP contribution in [0.1, 0.15) is 31.7 Å². The molecule has 5 nitrogen and oxygen atoms in total. The van der Waals surface area contributed by atoms with Gasteiger partial charge in [-0.1, -0.05) is 18.2 Å². The molecule has 1 N–H and O–H groups in total. The number of nitrogens with one attached hydrogen (secondary N) is 1. The molecule has 0 bridgehead atoms. The summed E-state index contributed by atoms with van der Waals surface area (Å²) in [5.74, 6) is 0. The third-order valence-electron chi connectivity index (χ3n) is 4.27. The highest BCUT2D eigenvalue weighted by molar-refractivity contribution is 5.74. The number of nitrogens with zero attached hydrogens (tertiary/aromatic N) is 3. The summed E-state index contributed by atoms with van der Waals surface area (Å²) in [5, 5.41) is 3.05. The van der Waals surface area contributed by atoms with Crippen molar-refractivity contribution in [1.82, 2.24) is 19.8 Å². The van der Waals surface area contributed by atoms with Crippen LogP contribution < -0.4 is 5.32 Å². The SMILES string of the molecule is CC1CCCCN1C(=O)NCc1ccccc1-n1ccnc1. The summed E-state index contributed by atoms with van der Waals surface area (Å²) in [4.78, 5) is 18.4. The van der Waals surface area contributed by atoms with Gasteiger partial charge in [0.05, 0.1) is 12.0 Å². The van der Waals surface area contributed by atoms with Gasteiger partial charge >= 0.3 is 6.03 Å². The van der Waals surface area contributed by atoms with Gasteiger partial charge in [-0.2, -0.15) is 0 Å². The van der Waals surface area contributed by atoms with Gasteiger partial charge in [-0.25, -0.2) is 9.78 Å². The molecule has 1 aliphatic rings. The molecule has 1 fully saturated rings. The lowest BCUT2D eigenvalue weighted by molar-refractivity contribution is 0.158. The fraction of sp³-hybridized carbons (Fsp3) is 0.412. The van der Waals surface area contributed by atoms with E-state index in [0.717, 1.165) is 30.6 Å². The maximum Gasteiger partial charge on any atom is 0.317 e. The van der Waals surface area contributed by atoms with E-state index >= 15 is 0 Å². The Morgan fingerprint density at radius 1 is 1.36 bits per heavy atom. The van der Waals surface area contributed by atoms with Crippen molar-refractivity contribution in [1.29, 1.82) is 0 Å². The Bertz CT molecular complexity index is 623. The maximum atomic E-state index is 12.4. The molecular weight excluding hydrogens is 276 g/mol. The Morgan fingerprint density at radius 3 is 3.00 bits per heavy atom. The molecule has 0 aliphatic carbocycles. The second kappa shape index (κ2) is 6.64. The Morgan fingerprint density at radius 2 is 2.23 bits per heavy atom. The average Bonchev–Trinajstić information content (AvgIpc) is 3.07. The Hall–Kier alpha value is -2.30. The van der Waals surface area contributed by atoms with E-state index in [2.05, 4.69) is 17.2 Å². The van der Waals surface area contributed by atoms with E-state index in [1.165, 1.54) is 6.42 Å². The molecule has 22 heavy (non-hydrogen) atoms. The van der Waals surface area contributed by atoms with Gasteiger partial charge in [0, 0.05) is 31.5 Å². The number of imidazole rings is 1. The van der Waals surface area contributed by atoms with Crippen LogP contribution in [-0.4, -0.2) is 33.1 Å². The lowest BCUT2D eigenvalue weighted by atomic mass is 10.0. The monoisotopic (exact) mass is 298 g/mol. The summed E-state index contributed by atoms with van der Waals surface area (Å²) in [6, 6.07) is 8.42. The number of carbonyl (C=O) groups excluding carboxylic acids is 1. The summed E-state index contributed by atoms with van der Waals surface area (Å²) in [6.45, 7) is 3.50. The molecule has 2 aromatic rings. The fourth-order valence-electron chi connectivity index (χ4n) is 2.99. The van der Waals surface area contributed by atoms with Gasteiger partial charge < -0.3 is 14.8 Å². The number of hydrogen-bond donors (Lipinski definition) is 1. The number of hydrogen-bond acceptors (Lipinski definition) is 2. The van der Waals surface area contributed by atoms with Crippen LogP contribution in [0.4, 0.5) is 4.79 Å². The van der Waals surface area contributed by atoms with Crippen molar-refractivity contribution in [2.45, 2.75) is 38.8 Å². The zero-order chi connectivity index (χ0) is 15.4. The molecule has 116 valence electrons. The van der Waals surface area contributed by atoms with E-state index in [0.29, 0.717) is 12.6 Å². The standard InChI is InChI=1S/C17H22N4O/c1-14-6-4-5-10-21(14)17(22)19-12-15-7-2-3-8-16(15)20-11-9-18-13-20/h2-3,7-9,11,13-14H,4-6,10,12H2,1H3,(H,19,22). The second-order valence-corrected chi connectivity index (χ2v) is 5.80. The smallest absolute Gasteiger partial charge is 0.317 e. The molecule has 0 saturated carbocycles. The minimum absolute atomic E-state index is 0.0348. The van der Waals surface area contributed by atoms with Crippen LogP contribution in [0, 0.1) is 0 Å². The van der Waals surface area contributed by atoms with Crippen molar-refractivity contribution in [2.75, 3.05) is 6.54 Å². The van der Waals surface area contributed by atoms with E-state index < -0.39 is 0 Å².